The van der Waals surface area contributed by atoms with E-state index >= 15 is 0 Å². The number of hydrogen-bond acceptors (Lipinski definition) is 5. The van der Waals surface area contributed by atoms with Crippen molar-refractivity contribution in [1.82, 2.24) is 10.2 Å². The van der Waals surface area contributed by atoms with Gasteiger partial charge in [0.05, 0.1) is 19.6 Å². The molecule has 1 saturated heterocycles. The number of alkyl halides is 3. The number of aryl methyl sites for hydroxylation is 1. The van der Waals surface area contributed by atoms with Gasteiger partial charge in [-0.15, -0.1) is 13.2 Å². The van der Waals surface area contributed by atoms with E-state index in [2.05, 4.69) is 15.0 Å². The van der Waals surface area contributed by atoms with E-state index < -0.39 is 18.5 Å². The lowest BCUT2D eigenvalue weighted by Gasteiger charge is -2.29. The Balaban J connectivity index is 1.68. The monoisotopic (exact) mass is 466 g/mol. The molecule has 2 N–H and O–H groups in total. The standard InChI is InChI=1S/C24H29F3N2O4/c1-16-13-18(7-10-21(16)32-2)23(31)20(15-29-11-3-4-12-29)28-22(30)14-17-5-8-19(9-6-17)33-24(25,26)27/h5-10,13,20,23,31H,3-4,11-12,14-15H2,1-2H3,(H,28,30)/t20-,23+/m1/s1. The quantitative estimate of drug-likeness (QED) is 0.589. The van der Waals surface area contributed by atoms with Gasteiger partial charge < -0.3 is 24.8 Å². The predicted octanol–water partition coefficient (Wildman–Crippen LogP) is 3.76. The molecule has 0 saturated carbocycles. The zero-order valence-electron chi connectivity index (χ0n) is 18.7. The highest BCUT2D eigenvalue weighted by molar-refractivity contribution is 5.79. The first-order chi connectivity index (χ1) is 15.6. The SMILES string of the molecule is COc1ccc([C@H](O)[C@@H](CN2CCCC2)NC(=O)Cc2ccc(OC(F)(F)F)cc2)cc1C. The maximum atomic E-state index is 12.7. The second-order valence-corrected chi connectivity index (χ2v) is 8.22. The Kier molecular flexibility index (Phi) is 8.20. The number of nitrogens with zero attached hydrogens (tertiary/aromatic N) is 1. The smallest absolute Gasteiger partial charge is 0.496 e. The minimum Gasteiger partial charge on any atom is -0.496 e. The molecule has 0 aliphatic carbocycles. The van der Waals surface area contributed by atoms with Crippen LogP contribution in [0.3, 0.4) is 0 Å². The normalized spacial score (nSPS) is 16.3. The summed E-state index contributed by atoms with van der Waals surface area (Å²) in [5, 5.41) is 14.0. The van der Waals surface area contributed by atoms with E-state index in [4.69, 9.17) is 4.74 Å². The number of carbonyl (C=O) groups is 1. The van der Waals surface area contributed by atoms with Gasteiger partial charge in [0.1, 0.15) is 17.6 Å². The number of halogens is 3. The van der Waals surface area contributed by atoms with Crippen LogP contribution in [-0.4, -0.2) is 55.1 Å². The summed E-state index contributed by atoms with van der Waals surface area (Å²) in [6.45, 7) is 4.19. The molecule has 6 nitrogen and oxygen atoms in total. The summed E-state index contributed by atoms with van der Waals surface area (Å²) in [4.78, 5) is 14.9. The molecule has 9 heteroatoms. The van der Waals surface area contributed by atoms with Gasteiger partial charge in [0.25, 0.3) is 0 Å². The van der Waals surface area contributed by atoms with E-state index in [0.717, 1.165) is 31.5 Å². The number of hydrogen-bond donors (Lipinski definition) is 2. The Bertz CT molecular complexity index is 928. The molecular weight excluding hydrogens is 437 g/mol. The number of amides is 1. The van der Waals surface area contributed by atoms with Crippen molar-refractivity contribution < 1.29 is 32.5 Å². The summed E-state index contributed by atoms with van der Waals surface area (Å²) >= 11 is 0. The first-order valence-electron chi connectivity index (χ1n) is 10.8. The van der Waals surface area contributed by atoms with E-state index in [9.17, 15) is 23.1 Å². The Morgan fingerprint density at radius 1 is 1.15 bits per heavy atom. The fourth-order valence-electron chi connectivity index (χ4n) is 4.04. The highest BCUT2D eigenvalue weighted by Gasteiger charge is 2.31. The summed E-state index contributed by atoms with van der Waals surface area (Å²) in [5.41, 5.74) is 2.09. The molecule has 1 aliphatic rings. The van der Waals surface area contributed by atoms with Crippen LogP contribution >= 0.6 is 0 Å². The van der Waals surface area contributed by atoms with Gasteiger partial charge in [-0.3, -0.25) is 4.79 Å². The Morgan fingerprint density at radius 2 is 1.82 bits per heavy atom. The number of rotatable bonds is 9. The van der Waals surface area contributed by atoms with Crippen molar-refractivity contribution in [1.29, 1.82) is 0 Å². The van der Waals surface area contributed by atoms with Crippen molar-refractivity contribution >= 4 is 5.91 Å². The third-order valence-electron chi connectivity index (χ3n) is 5.66. The molecule has 0 bridgehead atoms. The van der Waals surface area contributed by atoms with E-state index in [-0.39, 0.29) is 18.1 Å². The summed E-state index contributed by atoms with van der Waals surface area (Å²) in [7, 11) is 1.58. The van der Waals surface area contributed by atoms with Crippen LogP contribution < -0.4 is 14.8 Å². The lowest BCUT2D eigenvalue weighted by Crippen LogP contribution is -2.47. The molecule has 0 aromatic heterocycles. The van der Waals surface area contributed by atoms with Crippen molar-refractivity contribution in [2.75, 3.05) is 26.7 Å². The summed E-state index contributed by atoms with van der Waals surface area (Å²) in [5.74, 6) is 0.0425. The van der Waals surface area contributed by atoms with Gasteiger partial charge in [-0.1, -0.05) is 18.2 Å². The van der Waals surface area contributed by atoms with Gasteiger partial charge in [-0.2, -0.15) is 0 Å². The van der Waals surface area contributed by atoms with Crippen molar-refractivity contribution in [3.63, 3.8) is 0 Å². The van der Waals surface area contributed by atoms with E-state index in [1.807, 2.05) is 13.0 Å². The van der Waals surface area contributed by atoms with Crippen LogP contribution in [0.15, 0.2) is 42.5 Å². The molecule has 2 aromatic rings. The first kappa shape index (κ1) is 24.9. The van der Waals surface area contributed by atoms with Gasteiger partial charge in [0.15, 0.2) is 0 Å². The molecule has 2 atom stereocenters. The van der Waals surface area contributed by atoms with E-state index in [1.54, 1.807) is 19.2 Å². The van der Waals surface area contributed by atoms with Crippen LogP contribution in [0.2, 0.25) is 0 Å². The molecule has 1 fully saturated rings. The van der Waals surface area contributed by atoms with Crippen LogP contribution in [0, 0.1) is 6.92 Å². The van der Waals surface area contributed by atoms with E-state index in [1.165, 1.54) is 24.3 Å². The third-order valence-corrected chi connectivity index (χ3v) is 5.66. The second-order valence-electron chi connectivity index (χ2n) is 8.22. The van der Waals surface area contributed by atoms with Crippen LogP contribution in [0.4, 0.5) is 13.2 Å². The van der Waals surface area contributed by atoms with Gasteiger partial charge >= 0.3 is 6.36 Å². The summed E-state index contributed by atoms with van der Waals surface area (Å²) in [6, 6.07) is 10.0. The fourth-order valence-corrected chi connectivity index (χ4v) is 4.04. The number of aliphatic hydroxyl groups excluding tert-OH is 1. The second kappa shape index (κ2) is 10.9. The number of nitrogens with one attached hydrogen (secondary N) is 1. The van der Waals surface area contributed by atoms with E-state index in [0.29, 0.717) is 23.4 Å². The number of carbonyl (C=O) groups excluding carboxylic acids is 1. The minimum absolute atomic E-state index is 0.0306. The molecule has 3 rings (SSSR count). The summed E-state index contributed by atoms with van der Waals surface area (Å²) < 4.78 is 46.1. The number of likely N-dealkylation sites (tertiary alicyclic amines) is 1. The largest absolute Gasteiger partial charge is 0.573 e. The van der Waals surface area contributed by atoms with Gasteiger partial charge in [-0.25, -0.2) is 0 Å². The molecule has 0 spiro atoms. The highest BCUT2D eigenvalue weighted by Crippen LogP contribution is 2.26. The molecule has 33 heavy (non-hydrogen) atoms. The topological polar surface area (TPSA) is 71.0 Å². The lowest BCUT2D eigenvalue weighted by molar-refractivity contribution is -0.274. The minimum atomic E-state index is -4.77. The molecule has 2 aromatic carbocycles. The van der Waals surface area contributed by atoms with Crippen LogP contribution in [0.5, 0.6) is 11.5 Å². The number of ether oxygens (including phenoxy) is 2. The molecular formula is C24H29F3N2O4. The molecule has 0 unspecified atom stereocenters. The maximum Gasteiger partial charge on any atom is 0.573 e. The molecule has 180 valence electrons. The average molecular weight is 467 g/mol. The van der Waals surface area contributed by atoms with Gasteiger partial charge in [0, 0.05) is 6.54 Å². The first-order valence-corrected chi connectivity index (χ1v) is 10.8. The third kappa shape index (κ3) is 7.36. The summed E-state index contributed by atoms with van der Waals surface area (Å²) in [6.07, 6.45) is -3.58. The highest BCUT2D eigenvalue weighted by atomic mass is 19.4. The number of methoxy groups -OCH3 is 1. The zero-order chi connectivity index (χ0) is 24.0. The van der Waals surface area contributed by atoms with Crippen molar-refractivity contribution in [2.24, 2.45) is 0 Å². The lowest BCUT2D eigenvalue weighted by atomic mass is 9.99. The van der Waals surface area contributed by atoms with Crippen molar-refractivity contribution in [2.45, 2.75) is 44.7 Å². The van der Waals surface area contributed by atoms with Crippen LogP contribution in [-0.2, 0) is 11.2 Å². The number of aliphatic hydroxyl groups is 1. The van der Waals surface area contributed by atoms with Crippen LogP contribution in [0.25, 0.3) is 0 Å². The Morgan fingerprint density at radius 3 is 2.39 bits per heavy atom. The van der Waals surface area contributed by atoms with Crippen molar-refractivity contribution in [3.05, 3.63) is 59.2 Å². The Labute approximate surface area is 191 Å². The van der Waals surface area contributed by atoms with Gasteiger partial charge in [0.2, 0.25) is 5.91 Å². The predicted molar refractivity (Wildman–Crippen MR) is 117 cm³/mol. The Hall–Kier alpha value is -2.78. The molecule has 0 radical (unpaired) electrons. The van der Waals surface area contributed by atoms with Gasteiger partial charge in [-0.05, 0) is 73.8 Å². The molecule has 1 amide bonds. The fraction of sp³-hybridized carbons (Fsp3) is 0.458. The van der Waals surface area contributed by atoms with Crippen molar-refractivity contribution in [3.8, 4) is 11.5 Å². The molecule has 1 aliphatic heterocycles. The average Bonchev–Trinajstić information content (AvgIpc) is 3.26. The maximum absolute atomic E-state index is 12.7. The zero-order valence-corrected chi connectivity index (χ0v) is 18.7. The molecule has 1 heterocycles. The number of benzene rings is 2. The van der Waals surface area contributed by atoms with Crippen LogP contribution in [0.1, 0.15) is 35.6 Å².